The summed E-state index contributed by atoms with van der Waals surface area (Å²) in [4.78, 5) is 11.8. The zero-order chi connectivity index (χ0) is 17.4. The summed E-state index contributed by atoms with van der Waals surface area (Å²) in [6.07, 6.45) is 13.3. The van der Waals surface area contributed by atoms with E-state index in [-0.39, 0.29) is 29.5 Å². The molecule has 1 aromatic heterocycles. The third kappa shape index (κ3) is 6.08. The quantitative estimate of drug-likeness (QED) is 0.380. The Bertz CT molecular complexity index is 536. The number of aromatic nitrogens is 1. The SMILES string of the molecule is I.NC(=NCC1(N2CCCCC2)CCCCC1)NCCc1ccccn1. The smallest absolute Gasteiger partial charge is 0.188 e. The summed E-state index contributed by atoms with van der Waals surface area (Å²) in [5.41, 5.74) is 7.48. The van der Waals surface area contributed by atoms with Gasteiger partial charge in [0.05, 0.1) is 6.54 Å². The molecular weight excluding hydrogens is 437 g/mol. The first-order valence-corrected chi connectivity index (χ1v) is 9.97. The first-order chi connectivity index (χ1) is 12.3. The molecule has 0 radical (unpaired) electrons. The van der Waals surface area contributed by atoms with Gasteiger partial charge in [-0.3, -0.25) is 14.9 Å². The highest BCUT2D eigenvalue weighted by Gasteiger charge is 2.38. The number of guanidine groups is 1. The Kier molecular flexibility index (Phi) is 9.11. The Morgan fingerprint density at radius 2 is 1.85 bits per heavy atom. The van der Waals surface area contributed by atoms with E-state index >= 15 is 0 Å². The monoisotopic (exact) mass is 471 g/mol. The number of nitrogens with two attached hydrogens (primary N) is 1. The number of aliphatic imine (C=N–C) groups is 1. The fourth-order valence-corrected chi connectivity index (χ4v) is 4.31. The topological polar surface area (TPSA) is 66.5 Å². The van der Waals surface area contributed by atoms with Crippen molar-refractivity contribution in [3.05, 3.63) is 30.1 Å². The third-order valence-electron chi connectivity index (χ3n) is 5.77. The number of hydrogen-bond donors (Lipinski definition) is 2. The first kappa shape index (κ1) is 21.4. The van der Waals surface area contributed by atoms with Crippen molar-refractivity contribution >= 4 is 29.9 Å². The van der Waals surface area contributed by atoms with Crippen LogP contribution in [0.15, 0.2) is 29.4 Å². The van der Waals surface area contributed by atoms with Gasteiger partial charge in [0.25, 0.3) is 0 Å². The molecule has 146 valence electrons. The molecule has 2 fully saturated rings. The van der Waals surface area contributed by atoms with Crippen LogP contribution in [-0.2, 0) is 6.42 Å². The molecule has 3 N–H and O–H groups in total. The summed E-state index contributed by atoms with van der Waals surface area (Å²) in [5.74, 6) is 0.581. The van der Waals surface area contributed by atoms with Gasteiger partial charge in [-0.2, -0.15) is 0 Å². The van der Waals surface area contributed by atoms with E-state index in [4.69, 9.17) is 10.7 Å². The van der Waals surface area contributed by atoms with Gasteiger partial charge >= 0.3 is 0 Å². The zero-order valence-corrected chi connectivity index (χ0v) is 18.2. The highest BCUT2D eigenvalue weighted by molar-refractivity contribution is 14.0. The summed E-state index contributed by atoms with van der Waals surface area (Å²) in [6, 6.07) is 6.00. The van der Waals surface area contributed by atoms with Crippen molar-refractivity contribution in [3.8, 4) is 0 Å². The molecule has 5 nitrogen and oxygen atoms in total. The summed E-state index contributed by atoms with van der Waals surface area (Å²) in [5, 5.41) is 3.26. The Labute approximate surface area is 175 Å². The molecule has 1 saturated heterocycles. The lowest BCUT2D eigenvalue weighted by atomic mass is 9.79. The van der Waals surface area contributed by atoms with Gasteiger partial charge in [-0.1, -0.05) is 31.7 Å². The number of rotatable bonds is 6. The lowest BCUT2D eigenvalue weighted by molar-refractivity contribution is 0.0407. The van der Waals surface area contributed by atoms with Crippen LogP contribution in [0, 0.1) is 0 Å². The molecule has 2 heterocycles. The molecule has 1 aliphatic carbocycles. The number of nitrogens with zero attached hydrogens (tertiary/aromatic N) is 3. The van der Waals surface area contributed by atoms with Crippen LogP contribution < -0.4 is 11.1 Å². The maximum atomic E-state index is 6.14. The average Bonchev–Trinajstić information content (AvgIpc) is 2.69. The van der Waals surface area contributed by atoms with Gasteiger partial charge in [-0.25, -0.2) is 0 Å². The largest absolute Gasteiger partial charge is 0.370 e. The summed E-state index contributed by atoms with van der Waals surface area (Å²) in [6.45, 7) is 4.10. The van der Waals surface area contributed by atoms with Crippen molar-refractivity contribution in [2.75, 3.05) is 26.2 Å². The minimum Gasteiger partial charge on any atom is -0.370 e. The van der Waals surface area contributed by atoms with E-state index in [1.165, 1.54) is 64.5 Å². The molecule has 0 amide bonds. The van der Waals surface area contributed by atoms with E-state index in [0.29, 0.717) is 5.96 Å². The number of nitrogens with one attached hydrogen (secondary N) is 1. The van der Waals surface area contributed by atoms with E-state index in [1.54, 1.807) is 0 Å². The minimum atomic E-state index is 0. The van der Waals surface area contributed by atoms with Gasteiger partial charge in [0.2, 0.25) is 0 Å². The highest BCUT2D eigenvalue weighted by Crippen LogP contribution is 2.35. The molecule has 0 atom stereocenters. The molecule has 0 bridgehead atoms. The molecule has 1 aliphatic heterocycles. The van der Waals surface area contributed by atoms with Gasteiger partial charge in [-0.15, -0.1) is 24.0 Å². The lowest BCUT2D eigenvalue weighted by Crippen LogP contribution is -2.54. The van der Waals surface area contributed by atoms with Crippen LogP contribution in [-0.4, -0.2) is 47.6 Å². The predicted molar refractivity (Wildman–Crippen MR) is 119 cm³/mol. The maximum absolute atomic E-state index is 6.14. The Morgan fingerprint density at radius 1 is 1.12 bits per heavy atom. The van der Waals surface area contributed by atoms with Crippen LogP contribution in [0.2, 0.25) is 0 Å². The van der Waals surface area contributed by atoms with Crippen LogP contribution in [0.25, 0.3) is 0 Å². The van der Waals surface area contributed by atoms with Crippen LogP contribution >= 0.6 is 24.0 Å². The van der Waals surface area contributed by atoms with Crippen molar-refractivity contribution in [3.63, 3.8) is 0 Å². The molecule has 0 aromatic carbocycles. The number of hydrogen-bond acceptors (Lipinski definition) is 3. The number of piperidine rings is 1. The molecule has 1 saturated carbocycles. The molecule has 2 aliphatic rings. The summed E-state index contributed by atoms with van der Waals surface area (Å²) < 4.78 is 0. The van der Waals surface area contributed by atoms with Gasteiger partial charge in [0.1, 0.15) is 0 Å². The molecule has 6 heteroatoms. The van der Waals surface area contributed by atoms with Crippen LogP contribution in [0.1, 0.15) is 57.1 Å². The maximum Gasteiger partial charge on any atom is 0.188 e. The summed E-state index contributed by atoms with van der Waals surface area (Å²) in [7, 11) is 0. The second-order valence-electron chi connectivity index (χ2n) is 7.53. The van der Waals surface area contributed by atoms with Gasteiger partial charge in [0, 0.05) is 30.4 Å². The number of likely N-dealkylation sites (tertiary alicyclic amines) is 1. The van der Waals surface area contributed by atoms with Crippen molar-refractivity contribution < 1.29 is 0 Å². The standard InChI is InChI=1S/C20H33N5.HI/c21-19(23-14-10-18-9-3-6-13-22-18)24-17-20(11-4-1-5-12-20)25-15-7-2-8-16-25;/h3,6,9,13H,1-2,4-5,7-8,10-12,14-17H2,(H3,21,23,24);1H. The second kappa shape index (κ2) is 11.1. The van der Waals surface area contributed by atoms with Crippen molar-refractivity contribution in [2.45, 2.75) is 63.3 Å². The molecule has 0 unspecified atom stereocenters. The predicted octanol–water partition coefficient (Wildman–Crippen LogP) is 3.34. The Hall–Kier alpha value is -0.890. The van der Waals surface area contributed by atoms with Crippen LogP contribution in [0.3, 0.4) is 0 Å². The van der Waals surface area contributed by atoms with E-state index < -0.39 is 0 Å². The van der Waals surface area contributed by atoms with Gasteiger partial charge < -0.3 is 11.1 Å². The zero-order valence-electron chi connectivity index (χ0n) is 15.8. The van der Waals surface area contributed by atoms with Crippen LogP contribution in [0.4, 0.5) is 0 Å². The summed E-state index contributed by atoms with van der Waals surface area (Å²) >= 11 is 0. The molecular formula is C20H34IN5. The van der Waals surface area contributed by atoms with Gasteiger partial charge in [0.15, 0.2) is 5.96 Å². The number of halogens is 1. The van der Waals surface area contributed by atoms with Crippen molar-refractivity contribution in [2.24, 2.45) is 10.7 Å². The average molecular weight is 471 g/mol. The lowest BCUT2D eigenvalue weighted by Gasteiger charge is -2.47. The van der Waals surface area contributed by atoms with E-state index in [0.717, 1.165) is 25.2 Å². The Morgan fingerprint density at radius 3 is 2.54 bits per heavy atom. The third-order valence-corrected chi connectivity index (χ3v) is 5.77. The molecule has 26 heavy (non-hydrogen) atoms. The molecule has 0 spiro atoms. The van der Waals surface area contributed by atoms with E-state index in [1.807, 2.05) is 24.4 Å². The molecule has 1 aromatic rings. The normalized spacial score (nSPS) is 21.0. The fraction of sp³-hybridized carbons (Fsp3) is 0.700. The molecule has 3 rings (SSSR count). The van der Waals surface area contributed by atoms with E-state index in [9.17, 15) is 0 Å². The van der Waals surface area contributed by atoms with Crippen molar-refractivity contribution in [1.82, 2.24) is 15.2 Å². The second-order valence-corrected chi connectivity index (χ2v) is 7.53. The highest BCUT2D eigenvalue weighted by atomic mass is 127. The van der Waals surface area contributed by atoms with Crippen molar-refractivity contribution in [1.29, 1.82) is 0 Å². The number of pyridine rings is 1. The first-order valence-electron chi connectivity index (χ1n) is 9.97. The van der Waals surface area contributed by atoms with Crippen LogP contribution in [0.5, 0.6) is 0 Å². The van der Waals surface area contributed by atoms with Gasteiger partial charge in [-0.05, 0) is 50.9 Å². The Balaban J connectivity index is 0.00000243. The minimum absolute atomic E-state index is 0. The van der Waals surface area contributed by atoms with E-state index in [2.05, 4.69) is 15.2 Å². The fourth-order valence-electron chi connectivity index (χ4n) is 4.31.